The van der Waals surface area contributed by atoms with Crippen LogP contribution in [0.1, 0.15) is 12.5 Å². The molecule has 2 amide bonds. The number of urea groups is 1. The van der Waals surface area contributed by atoms with Crippen LogP contribution in [-0.2, 0) is 6.54 Å². The maximum atomic E-state index is 12.3. The molecule has 0 saturated heterocycles. The first-order valence-corrected chi connectivity index (χ1v) is 7.88. The third kappa shape index (κ3) is 4.24. The van der Waals surface area contributed by atoms with Crippen LogP contribution in [0, 0.1) is 0 Å². The van der Waals surface area contributed by atoms with E-state index in [0.717, 1.165) is 10.0 Å². The minimum absolute atomic E-state index is 0.178. The zero-order chi connectivity index (χ0) is 15.9. The molecular formula is C17H19BrN2O2. The molecule has 2 aromatic carbocycles. The van der Waals surface area contributed by atoms with Crippen molar-refractivity contribution in [2.45, 2.75) is 13.5 Å². The lowest BCUT2D eigenvalue weighted by molar-refractivity contribution is 0.220. The number of para-hydroxylation sites is 2. The summed E-state index contributed by atoms with van der Waals surface area (Å²) in [6.45, 7) is 2.99. The van der Waals surface area contributed by atoms with E-state index in [1.54, 1.807) is 11.9 Å². The number of rotatable bonds is 5. The molecular weight excluding hydrogens is 344 g/mol. The first-order chi connectivity index (χ1) is 10.6. The molecule has 5 heteroatoms. The smallest absolute Gasteiger partial charge is 0.321 e. The molecule has 116 valence electrons. The maximum Gasteiger partial charge on any atom is 0.321 e. The molecule has 2 rings (SSSR count). The van der Waals surface area contributed by atoms with Gasteiger partial charge in [-0.15, -0.1) is 0 Å². The average Bonchev–Trinajstić information content (AvgIpc) is 2.51. The lowest BCUT2D eigenvalue weighted by Gasteiger charge is -2.20. The van der Waals surface area contributed by atoms with E-state index in [-0.39, 0.29) is 6.03 Å². The monoisotopic (exact) mass is 362 g/mol. The topological polar surface area (TPSA) is 41.6 Å². The fraction of sp³-hybridized carbons (Fsp3) is 0.235. The number of nitrogens with zero attached hydrogens (tertiary/aromatic N) is 1. The summed E-state index contributed by atoms with van der Waals surface area (Å²) in [5, 5.41) is 2.88. The van der Waals surface area contributed by atoms with Gasteiger partial charge in [0, 0.05) is 18.1 Å². The van der Waals surface area contributed by atoms with Crippen molar-refractivity contribution in [3.05, 3.63) is 58.6 Å². The van der Waals surface area contributed by atoms with Crippen molar-refractivity contribution in [2.24, 2.45) is 0 Å². The molecule has 0 radical (unpaired) electrons. The van der Waals surface area contributed by atoms with Gasteiger partial charge in [0.2, 0.25) is 0 Å². The van der Waals surface area contributed by atoms with Crippen LogP contribution < -0.4 is 10.1 Å². The van der Waals surface area contributed by atoms with Gasteiger partial charge in [0.05, 0.1) is 12.3 Å². The Morgan fingerprint density at radius 3 is 2.59 bits per heavy atom. The molecule has 4 nitrogen and oxygen atoms in total. The van der Waals surface area contributed by atoms with Gasteiger partial charge in [0.1, 0.15) is 5.75 Å². The summed E-state index contributed by atoms with van der Waals surface area (Å²) >= 11 is 3.49. The number of carbonyl (C=O) groups is 1. The highest BCUT2D eigenvalue weighted by Gasteiger charge is 2.13. The number of hydrogen-bond donors (Lipinski definition) is 1. The Morgan fingerprint density at radius 1 is 1.18 bits per heavy atom. The second-order valence-corrected chi connectivity index (χ2v) is 5.66. The minimum Gasteiger partial charge on any atom is -0.492 e. The second kappa shape index (κ2) is 7.84. The predicted molar refractivity (Wildman–Crippen MR) is 92.2 cm³/mol. The molecule has 0 spiro atoms. The van der Waals surface area contributed by atoms with E-state index >= 15 is 0 Å². The van der Waals surface area contributed by atoms with Crippen molar-refractivity contribution < 1.29 is 9.53 Å². The number of anilines is 1. The van der Waals surface area contributed by atoms with Gasteiger partial charge in [-0.25, -0.2) is 4.79 Å². The maximum absolute atomic E-state index is 12.3. The number of carbonyl (C=O) groups excluding carboxylic acids is 1. The number of hydrogen-bond acceptors (Lipinski definition) is 2. The number of benzene rings is 2. The summed E-state index contributed by atoms with van der Waals surface area (Å²) in [5.41, 5.74) is 1.73. The van der Waals surface area contributed by atoms with Crippen LogP contribution in [0.2, 0.25) is 0 Å². The van der Waals surface area contributed by atoms with Crippen LogP contribution in [-0.4, -0.2) is 24.6 Å². The van der Waals surface area contributed by atoms with Crippen molar-refractivity contribution in [2.75, 3.05) is 19.0 Å². The third-order valence-corrected chi connectivity index (χ3v) is 3.91. The highest BCUT2D eigenvalue weighted by molar-refractivity contribution is 9.10. The van der Waals surface area contributed by atoms with E-state index in [0.29, 0.717) is 24.6 Å². The number of amides is 2. The first kappa shape index (κ1) is 16.4. The minimum atomic E-state index is -0.178. The Morgan fingerprint density at radius 2 is 1.86 bits per heavy atom. The molecule has 22 heavy (non-hydrogen) atoms. The van der Waals surface area contributed by atoms with E-state index in [1.165, 1.54) is 0 Å². The summed E-state index contributed by atoms with van der Waals surface area (Å²) in [4.78, 5) is 14.0. The Kier molecular flexibility index (Phi) is 5.83. The molecule has 0 fully saturated rings. The van der Waals surface area contributed by atoms with Crippen LogP contribution in [0.3, 0.4) is 0 Å². The van der Waals surface area contributed by atoms with Crippen LogP contribution in [0.4, 0.5) is 10.5 Å². The van der Waals surface area contributed by atoms with Gasteiger partial charge in [-0.3, -0.25) is 0 Å². The summed E-state index contributed by atoms with van der Waals surface area (Å²) in [7, 11) is 1.76. The van der Waals surface area contributed by atoms with Crippen LogP contribution in [0.5, 0.6) is 5.75 Å². The second-order valence-electron chi connectivity index (χ2n) is 4.81. The van der Waals surface area contributed by atoms with E-state index in [2.05, 4.69) is 21.2 Å². The van der Waals surface area contributed by atoms with Gasteiger partial charge in [0.15, 0.2) is 0 Å². The van der Waals surface area contributed by atoms with E-state index in [9.17, 15) is 4.79 Å². The van der Waals surface area contributed by atoms with Crippen LogP contribution in [0.15, 0.2) is 53.0 Å². The lowest BCUT2D eigenvalue weighted by atomic mass is 10.2. The molecule has 0 aliphatic heterocycles. The van der Waals surface area contributed by atoms with Gasteiger partial charge >= 0.3 is 6.03 Å². The molecule has 0 aromatic heterocycles. The van der Waals surface area contributed by atoms with Crippen molar-refractivity contribution in [3.8, 4) is 5.75 Å². The van der Waals surface area contributed by atoms with Crippen molar-refractivity contribution in [1.29, 1.82) is 0 Å². The standard InChI is InChI=1S/C17H19BrN2O2/c1-3-22-16-11-7-6-10-15(16)19-17(21)20(2)12-13-8-4-5-9-14(13)18/h4-11H,3,12H2,1-2H3,(H,19,21). The molecule has 0 unspecified atom stereocenters. The van der Waals surface area contributed by atoms with Crippen molar-refractivity contribution >= 4 is 27.6 Å². The van der Waals surface area contributed by atoms with Gasteiger partial charge in [-0.2, -0.15) is 0 Å². The number of nitrogens with one attached hydrogen (secondary N) is 1. The van der Waals surface area contributed by atoms with E-state index in [1.807, 2.05) is 55.5 Å². The predicted octanol–water partition coefficient (Wildman–Crippen LogP) is 4.51. The third-order valence-electron chi connectivity index (χ3n) is 3.14. The molecule has 0 atom stereocenters. The Bertz CT molecular complexity index is 646. The molecule has 2 aromatic rings. The zero-order valence-corrected chi connectivity index (χ0v) is 14.3. The fourth-order valence-corrected chi connectivity index (χ4v) is 2.43. The summed E-state index contributed by atoms with van der Waals surface area (Å²) in [6, 6.07) is 15.1. The fourth-order valence-electron chi connectivity index (χ4n) is 2.02. The van der Waals surface area contributed by atoms with Gasteiger partial charge in [0.25, 0.3) is 0 Å². The largest absolute Gasteiger partial charge is 0.492 e. The highest BCUT2D eigenvalue weighted by Crippen LogP contribution is 2.24. The van der Waals surface area contributed by atoms with Gasteiger partial charge < -0.3 is 15.0 Å². The molecule has 0 heterocycles. The zero-order valence-electron chi connectivity index (χ0n) is 12.7. The first-order valence-electron chi connectivity index (χ1n) is 7.09. The summed E-state index contributed by atoms with van der Waals surface area (Å²) in [5.74, 6) is 0.674. The van der Waals surface area contributed by atoms with E-state index < -0.39 is 0 Å². The Balaban J connectivity index is 2.04. The molecule has 0 aliphatic carbocycles. The van der Waals surface area contributed by atoms with E-state index in [4.69, 9.17) is 4.74 Å². The van der Waals surface area contributed by atoms with Gasteiger partial charge in [-0.1, -0.05) is 46.3 Å². The molecule has 1 N–H and O–H groups in total. The summed E-state index contributed by atoms with van der Waals surface area (Å²) in [6.07, 6.45) is 0. The normalized spacial score (nSPS) is 10.1. The summed E-state index contributed by atoms with van der Waals surface area (Å²) < 4.78 is 6.50. The van der Waals surface area contributed by atoms with Crippen molar-refractivity contribution in [3.63, 3.8) is 0 Å². The Hall–Kier alpha value is -2.01. The number of halogens is 1. The highest BCUT2D eigenvalue weighted by atomic mass is 79.9. The average molecular weight is 363 g/mol. The number of ether oxygens (including phenoxy) is 1. The van der Waals surface area contributed by atoms with Crippen LogP contribution >= 0.6 is 15.9 Å². The van der Waals surface area contributed by atoms with Crippen LogP contribution in [0.25, 0.3) is 0 Å². The lowest BCUT2D eigenvalue weighted by Crippen LogP contribution is -2.31. The quantitative estimate of drug-likeness (QED) is 0.849. The Labute approximate surface area is 139 Å². The van der Waals surface area contributed by atoms with Crippen molar-refractivity contribution in [1.82, 2.24) is 4.90 Å². The SMILES string of the molecule is CCOc1ccccc1NC(=O)N(C)Cc1ccccc1Br. The van der Waals surface area contributed by atoms with Gasteiger partial charge in [-0.05, 0) is 30.7 Å². The molecule has 0 aliphatic rings. The molecule has 0 bridgehead atoms. The molecule has 0 saturated carbocycles.